The van der Waals surface area contributed by atoms with Crippen molar-refractivity contribution in [1.29, 1.82) is 0 Å². The van der Waals surface area contributed by atoms with Crippen LogP contribution < -0.4 is 0 Å². The average Bonchev–Trinajstić information content (AvgIpc) is 2.31. The van der Waals surface area contributed by atoms with E-state index in [2.05, 4.69) is 13.2 Å². The summed E-state index contributed by atoms with van der Waals surface area (Å²) in [6.45, 7) is 12.9. The summed E-state index contributed by atoms with van der Waals surface area (Å²) in [5, 5.41) is 0. The third-order valence-electron chi connectivity index (χ3n) is 1.85. The van der Waals surface area contributed by atoms with Crippen molar-refractivity contribution < 1.29 is 23.7 Å². The van der Waals surface area contributed by atoms with Crippen molar-refractivity contribution in [3.05, 3.63) is 25.5 Å². The Bertz CT molecular complexity index is 275. The summed E-state index contributed by atoms with van der Waals surface area (Å²) in [7, 11) is 0. The van der Waals surface area contributed by atoms with Crippen LogP contribution in [0.4, 0.5) is 0 Å². The van der Waals surface area contributed by atoms with Crippen LogP contribution in [0.5, 0.6) is 0 Å². The lowest BCUT2D eigenvalue weighted by Gasteiger charge is -2.31. The zero-order valence-electron chi connectivity index (χ0n) is 11.3. The molecular weight excluding hydrogens is 236 g/mol. The number of rotatable bonds is 10. The third kappa shape index (κ3) is 7.86. The van der Waals surface area contributed by atoms with Gasteiger partial charge >= 0.3 is 5.97 Å². The van der Waals surface area contributed by atoms with Gasteiger partial charge in [-0.15, -0.1) is 0 Å². The Hall–Kier alpha value is -1.33. The zero-order chi connectivity index (χ0) is 14.0. The molecule has 5 nitrogen and oxygen atoms in total. The second kappa shape index (κ2) is 8.72. The molecule has 0 aromatic rings. The molecule has 1 unspecified atom stereocenters. The molecule has 0 aliphatic carbocycles. The highest BCUT2D eigenvalue weighted by atomic mass is 16.7. The molecule has 0 radical (unpaired) electrons. The maximum Gasteiger partial charge on any atom is 0.330 e. The van der Waals surface area contributed by atoms with Crippen molar-refractivity contribution in [2.45, 2.75) is 32.7 Å². The highest BCUT2D eigenvalue weighted by molar-refractivity contribution is 5.81. The molecule has 0 aliphatic rings. The van der Waals surface area contributed by atoms with E-state index in [0.717, 1.165) is 6.08 Å². The molecule has 0 N–H and O–H groups in total. The van der Waals surface area contributed by atoms with Gasteiger partial charge < -0.3 is 18.9 Å². The van der Waals surface area contributed by atoms with Crippen molar-refractivity contribution in [1.82, 2.24) is 0 Å². The summed E-state index contributed by atoms with van der Waals surface area (Å²) < 4.78 is 21.0. The number of carbonyl (C=O) groups excluding carboxylic acids is 1. The Morgan fingerprint density at radius 2 is 2.00 bits per heavy atom. The molecule has 0 saturated carbocycles. The highest BCUT2D eigenvalue weighted by Gasteiger charge is 2.28. The van der Waals surface area contributed by atoms with Gasteiger partial charge in [-0.25, -0.2) is 4.79 Å². The minimum Gasteiger partial charge on any atom is -0.496 e. The first-order chi connectivity index (χ1) is 8.43. The van der Waals surface area contributed by atoms with Crippen LogP contribution in [-0.2, 0) is 23.7 Å². The van der Waals surface area contributed by atoms with Crippen LogP contribution in [0.2, 0.25) is 0 Å². The molecule has 0 spiro atoms. The summed E-state index contributed by atoms with van der Waals surface area (Å²) in [5.74, 6) is -1.38. The van der Waals surface area contributed by atoms with Gasteiger partial charge in [-0.1, -0.05) is 13.2 Å². The van der Waals surface area contributed by atoms with E-state index >= 15 is 0 Å². The maximum absolute atomic E-state index is 10.8. The molecule has 18 heavy (non-hydrogen) atoms. The fraction of sp³-hybridized carbons (Fsp3) is 0.615. The fourth-order valence-corrected chi connectivity index (χ4v) is 1.28. The molecule has 0 heterocycles. The van der Waals surface area contributed by atoms with Gasteiger partial charge in [0.1, 0.15) is 13.2 Å². The van der Waals surface area contributed by atoms with Gasteiger partial charge in [0.2, 0.25) is 0 Å². The molecule has 0 rings (SSSR count). The van der Waals surface area contributed by atoms with E-state index in [1.54, 1.807) is 6.92 Å². The lowest BCUT2D eigenvalue weighted by molar-refractivity contribution is -0.262. The van der Waals surface area contributed by atoms with Crippen molar-refractivity contribution in [2.75, 3.05) is 19.8 Å². The molecule has 0 aromatic carbocycles. The largest absolute Gasteiger partial charge is 0.496 e. The summed E-state index contributed by atoms with van der Waals surface area (Å²) >= 11 is 0. The first-order valence-corrected chi connectivity index (χ1v) is 5.77. The van der Waals surface area contributed by atoms with E-state index in [1.165, 1.54) is 6.26 Å². The maximum atomic E-state index is 10.8. The van der Waals surface area contributed by atoms with E-state index in [0.29, 0.717) is 0 Å². The Kier molecular flexibility index (Phi) is 8.07. The summed E-state index contributed by atoms with van der Waals surface area (Å²) in [6.07, 6.45) is 2.41. The van der Waals surface area contributed by atoms with E-state index in [9.17, 15) is 4.79 Å². The molecule has 0 fully saturated rings. The Morgan fingerprint density at radius 3 is 2.50 bits per heavy atom. The van der Waals surface area contributed by atoms with E-state index < -0.39 is 11.8 Å². The Labute approximate surface area is 108 Å². The predicted octanol–water partition coefficient (Wildman–Crippen LogP) is 2.03. The van der Waals surface area contributed by atoms with Crippen molar-refractivity contribution in [3.8, 4) is 0 Å². The molecule has 0 bridgehead atoms. The smallest absolute Gasteiger partial charge is 0.330 e. The van der Waals surface area contributed by atoms with Crippen LogP contribution in [0.15, 0.2) is 25.5 Å². The van der Waals surface area contributed by atoms with Gasteiger partial charge in [-0.05, 0) is 20.8 Å². The molecule has 0 amide bonds. The lowest BCUT2D eigenvalue weighted by atomic mass is 10.3. The number of hydrogen-bond acceptors (Lipinski definition) is 5. The molecule has 0 saturated heterocycles. The van der Waals surface area contributed by atoms with Crippen LogP contribution in [0.25, 0.3) is 0 Å². The molecule has 104 valence electrons. The van der Waals surface area contributed by atoms with Crippen LogP contribution in [0.3, 0.4) is 0 Å². The topological polar surface area (TPSA) is 54.0 Å². The van der Waals surface area contributed by atoms with Gasteiger partial charge in [-0.2, -0.15) is 0 Å². The molecular formula is C13H22O5. The summed E-state index contributed by atoms with van der Waals surface area (Å²) in [6, 6.07) is 0. The molecule has 5 heteroatoms. The monoisotopic (exact) mass is 258 g/mol. The van der Waals surface area contributed by atoms with Gasteiger partial charge in [0.25, 0.3) is 0 Å². The van der Waals surface area contributed by atoms with E-state index in [4.69, 9.17) is 18.9 Å². The van der Waals surface area contributed by atoms with Crippen LogP contribution >= 0.6 is 0 Å². The summed E-state index contributed by atoms with van der Waals surface area (Å²) in [5.41, 5.74) is 0. The second-order valence-corrected chi connectivity index (χ2v) is 4.00. The molecule has 1 atom stereocenters. The minimum absolute atomic E-state index is 0.0147. The first-order valence-electron chi connectivity index (χ1n) is 5.77. The molecule has 0 aliphatic heterocycles. The number of carbonyl (C=O) groups is 1. The van der Waals surface area contributed by atoms with Crippen LogP contribution in [0.1, 0.15) is 20.8 Å². The van der Waals surface area contributed by atoms with Crippen LogP contribution in [0, 0.1) is 0 Å². The zero-order valence-corrected chi connectivity index (χ0v) is 11.3. The number of esters is 1. The van der Waals surface area contributed by atoms with Crippen molar-refractivity contribution in [2.24, 2.45) is 0 Å². The first kappa shape index (κ1) is 16.7. The van der Waals surface area contributed by atoms with Gasteiger partial charge in [-0.3, -0.25) is 0 Å². The number of ether oxygens (including phenoxy) is 4. The average molecular weight is 258 g/mol. The van der Waals surface area contributed by atoms with E-state index in [-0.39, 0.29) is 25.9 Å². The lowest BCUT2D eigenvalue weighted by Crippen LogP contribution is -2.40. The summed E-state index contributed by atoms with van der Waals surface area (Å²) in [4.78, 5) is 10.8. The van der Waals surface area contributed by atoms with Gasteiger partial charge in [0, 0.05) is 6.08 Å². The quantitative estimate of drug-likeness (QED) is 0.197. The fourth-order valence-electron chi connectivity index (χ4n) is 1.28. The van der Waals surface area contributed by atoms with Crippen LogP contribution in [-0.4, -0.2) is 37.7 Å². The standard InChI is InChI=1S/C13H22O5/c1-6-12(14)16-8-9-17-13(5,10-15-7-2)18-11(3)4/h6-7,11H,1-2,8-10H2,3-5H3. The third-order valence-corrected chi connectivity index (χ3v) is 1.85. The minimum atomic E-state index is -0.900. The second-order valence-electron chi connectivity index (χ2n) is 4.00. The Balaban J connectivity index is 4.10. The number of hydrogen-bond donors (Lipinski definition) is 0. The predicted molar refractivity (Wildman–Crippen MR) is 67.9 cm³/mol. The van der Waals surface area contributed by atoms with Gasteiger partial charge in [0.05, 0.1) is 19.0 Å². The van der Waals surface area contributed by atoms with Crippen molar-refractivity contribution in [3.63, 3.8) is 0 Å². The van der Waals surface area contributed by atoms with Crippen molar-refractivity contribution >= 4 is 5.97 Å². The Morgan fingerprint density at radius 1 is 1.33 bits per heavy atom. The van der Waals surface area contributed by atoms with Gasteiger partial charge in [0.15, 0.2) is 5.79 Å². The normalized spacial score (nSPS) is 13.8. The van der Waals surface area contributed by atoms with E-state index in [1.807, 2.05) is 13.8 Å². The highest BCUT2D eigenvalue weighted by Crippen LogP contribution is 2.16. The molecule has 0 aromatic heterocycles. The SMILES string of the molecule is C=COCC(C)(OCCOC(=O)C=C)OC(C)C.